The molecule has 1 heterocycles. The molecule has 0 spiro atoms. The molecule has 2 rings (SSSR count). The number of aliphatic carboxylic acids is 1. The summed E-state index contributed by atoms with van der Waals surface area (Å²) in [6, 6.07) is 0. The molecule has 1 aliphatic heterocycles. The van der Waals surface area contributed by atoms with Crippen molar-refractivity contribution in [2.45, 2.75) is 58.9 Å². The van der Waals surface area contributed by atoms with E-state index in [4.69, 9.17) is 0 Å². The summed E-state index contributed by atoms with van der Waals surface area (Å²) in [6.45, 7) is 13.9. The number of nitrogens with zero attached hydrogens (tertiary/aromatic N) is 2. The Labute approximate surface area is 129 Å². The smallest absolute Gasteiger partial charge is 0.310 e. The predicted molar refractivity (Wildman–Crippen MR) is 85.5 cm³/mol. The van der Waals surface area contributed by atoms with Crippen molar-refractivity contribution in [2.75, 3.05) is 32.7 Å². The lowest BCUT2D eigenvalue weighted by Gasteiger charge is -2.45. The van der Waals surface area contributed by atoms with Crippen LogP contribution in [0.4, 0.5) is 0 Å². The molecule has 0 atom stereocenters. The van der Waals surface area contributed by atoms with Crippen molar-refractivity contribution in [1.82, 2.24) is 9.80 Å². The van der Waals surface area contributed by atoms with E-state index in [1.807, 2.05) is 0 Å². The van der Waals surface area contributed by atoms with E-state index < -0.39 is 11.4 Å². The lowest BCUT2D eigenvalue weighted by atomic mass is 9.70. The molecule has 4 nitrogen and oxygen atoms in total. The van der Waals surface area contributed by atoms with Crippen LogP contribution in [0.3, 0.4) is 0 Å². The third-order valence-corrected chi connectivity index (χ3v) is 5.53. The number of hydrogen-bond acceptors (Lipinski definition) is 3. The summed E-state index contributed by atoms with van der Waals surface area (Å²) in [7, 11) is 0. The molecule has 1 saturated carbocycles. The van der Waals surface area contributed by atoms with E-state index in [2.05, 4.69) is 37.5 Å². The van der Waals surface area contributed by atoms with Gasteiger partial charge in [-0.15, -0.1) is 0 Å². The first-order valence-corrected chi connectivity index (χ1v) is 8.44. The van der Waals surface area contributed by atoms with Gasteiger partial charge in [-0.05, 0) is 52.4 Å². The van der Waals surface area contributed by atoms with Crippen molar-refractivity contribution < 1.29 is 9.90 Å². The van der Waals surface area contributed by atoms with Crippen LogP contribution in [0.15, 0.2) is 0 Å². The Morgan fingerprint density at radius 3 is 2.10 bits per heavy atom. The minimum atomic E-state index is -0.576. The van der Waals surface area contributed by atoms with Gasteiger partial charge in [-0.25, -0.2) is 0 Å². The highest BCUT2D eigenvalue weighted by atomic mass is 16.4. The van der Waals surface area contributed by atoms with E-state index in [1.165, 1.54) is 0 Å². The summed E-state index contributed by atoms with van der Waals surface area (Å²) in [5.41, 5.74) is -0.271. The van der Waals surface area contributed by atoms with Crippen molar-refractivity contribution in [3.05, 3.63) is 0 Å². The third kappa shape index (κ3) is 3.98. The first-order chi connectivity index (χ1) is 9.73. The topological polar surface area (TPSA) is 43.8 Å². The Morgan fingerprint density at radius 2 is 1.67 bits per heavy atom. The number of carboxylic acids is 1. The second-order valence-corrected chi connectivity index (χ2v) is 8.20. The van der Waals surface area contributed by atoms with Crippen LogP contribution in [0.25, 0.3) is 0 Å². The fourth-order valence-corrected chi connectivity index (χ4v) is 3.76. The van der Waals surface area contributed by atoms with E-state index in [0.29, 0.717) is 5.92 Å². The molecule has 0 unspecified atom stereocenters. The van der Waals surface area contributed by atoms with Gasteiger partial charge in [0.05, 0.1) is 5.41 Å². The molecule has 0 bridgehead atoms. The third-order valence-electron chi connectivity index (χ3n) is 5.53. The molecule has 0 aromatic heterocycles. The predicted octanol–water partition coefficient (Wildman–Crippen LogP) is 2.68. The Hall–Kier alpha value is -0.610. The van der Waals surface area contributed by atoms with Gasteiger partial charge in [0.1, 0.15) is 0 Å². The first-order valence-electron chi connectivity index (χ1n) is 8.44. The highest BCUT2D eigenvalue weighted by Crippen LogP contribution is 2.40. The molecular formula is C17H32N2O2. The summed E-state index contributed by atoms with van der Waals surface area (Å²) < 4.78 is 0. The Bertz CT molecular complexity index is 359. The van der Waals surface area contributed by atoms with Crippen molar-refractivity contribution >= 4 is 5.97 Å². The number of piperazine rings is 1. The molecule has 4 heteroatoms. The van der Waals surface area contributed by atoms with Crippen LogP contribution in [0, 0.1) is 11.3 Å². The van der Waals surface area contributed by atoms with Crippen LogP contribution >= 0.6 is 0 Å². The normalized spacial score (nSPS) is 33.0. The molecule has 0 aromatic rings. The fourth-order valence-electron chi connectivity index (χ4n) is 3.76. The average molecular weight is 296 g/mol. The van der Waals surface area contributed by atoms with Crippen LogP contribution in [0.5, 0.6) is 0 Å². The summed E-state index contributed by atoms with van der Waals surface area (Å²) in [4.78, 5) is 16.7. The van der Waals surface area contributed by atoms with Gasteiger partial charge in [-0.2, -0.15) is 0 Å². The van der Waals surface area contributed by atoms with Crippen LogP contribution in [0.2, 0.25) is 0 Å². The maximum Gasteiger partial charge on any atom is 0.310 e. The zero-order valence-corrected chi connectivity index (χ0v) is 14.2. The Balaban J connectivity index is 1.93. The number of carboxylic acid groups (broad SMARTS) is 1. The maximum absolute atomic E-state index is 11.8. The largest absolute Gasteiger partial charge is 0.481 e. The number of carbonyl (C=O) groups is 1. The van der Waals surface area contributed by atoms with Gasteiger partial charge in [-0.1, -0.05) is 6.92 Å². The van der Waals surface area contributed by atoms with Crippen molar-refractivity contribution in [2.24, 2.45) is 11.3 Å². The summed E-state index contributed by atoms with van der Waals surface area (Å²) >= 11 is 0. The van der Waals surface area contributed by atoms with Gasteiger partial charge in [0.2, 0.25) is 0 Å². The van der Waals surface area contributed by atoms with Gasteiger partial charge >= 0.3 is 5.97 Å². The first kappa shape index (κ1) is 16.8. The van der Waals surface area contributed by atoms with Crippen LogP contribution in [-0.4, -0.2) is 59.1 Å². The second-order valence-electron chi connectivity index (χ2n) is 8.20. The van der Waals surface area contributed by atoms with Crippen molar-refractivity contribution in [3.8, 4) is 0 Å². The molecule has 0 amide bonds. The molecule has 122 valence electrons. The zero-order chi connectivity index (χ0) is 15.7. The molecule has 21 heavy (non-hydrogen) atoms. The van der Waals surface area contributed by atoms with Crippen LogP contribution in [0.1, 0.15) is 53.4 Å². The van der Waals surface area contributed by atoms with Gasteiger partial charge in [-0.3, -0.25) is 14.6 Å². The number of rotatable bonds is 3. The summed E-state index contributed by atoms with van der Waals surface area (Å²) in [5.74, 6) is 0.114. The lowest BCUT2D eigenvalue weighted by Crippen LogP contribution is -2.56. The standard InChI is InChI=1S/C17H32N2O2/c1-14-5-7-17(8-6-14,15(20)21)13-18-9-11-19(12-10-18)16(2,3)4/h14H,5-13H2,1-4H3,(H,20,21). The molecule has 1 N–H and O–H groups in total. The second kappa shape index (κ2) is 6.25. The average Bonchev–Trinajstić information content (AvgIpc) is 2.41. The molecule has 0 radical (unpaired) electrons. The van der Waals surface area contributed by atoms with E-state index >= 15 is 0 Å². The quantitative estimate of drug-likeness (QED) is 0.869. The Morgan fingerprint density at radius 1 is 1.14 bits per heavy atom. The molecule has 2 fully saturated rings. The minimum Gasteiger partial charge on any atom is -0.481 e. The summed E-state index contributed by atoms with van der Waals surface area (Å²) in [5, 5.41) is 9.75. The van der Waals surface area contributed by atoms with Gasteiger partial charge in [0, 0.05) is 38.3 Å². The number of hydrogen-bond donors (Lipinski definition) is 1. The van der Waals surface area contributed by atoms with E-state index in [9.17, 15) is 9.90 Å². The zero-order valence-electron chi connectivity index (χ0n) is 14.2. The molecule has 1 saturated heterocycles. The monoisotopic (exact) mass is 296 g/mol. The van der Waals surface area contributed by atoms with Crippen molar-refractivity contribution in [3.63, 3.8) is 0 Å². The fraction of sp³-hybridized carbons (Fsp3) is 0.941. The van der Waals surface area contributed by atoms with Crippen LogP contribution < -0.4 is 0 Å². The van der Waals surface area contributed by atoms with Crippen molar-refractivity contribution in [1.29, 1.82) is 0 Å². The van der Waals surface area contributed by atoms with Gasteiger partial charge in [0.25, 0.3) is 0 Å². The molecular weight excluding hydrogens is 264 g/mol. The van der Waals surface area contributed by atoms with E-state index in [-0.39, 0.29) is 5.54 Å². The maximum atomic E-state index is 11.8. The van der Waals surface area contributed by atoms with E-state index in [0.717, 1.165) is 58.4 Å². The molecule has 2 aliphatic rings. The SMILES string of the molecule is CC1CCC(CN2CCN(C(C)(C)C)CC2)(C(=O)O)CC1. The minimum absolute atomic E-state index is 0.219. The van der Waals surface area contributed by atoms with Gasteiger partial charge < -0.3 is 5.11 Å². The Kier molecular flexibility index (Phi) is 4.99. The molecule has 0 aromatic carbocycles. The lowest BCUT2D eigenvalue weighted by molar-refractivity contribution is -0.153. The summed E-state index contributed by atoms with van der Waals surface area (Å²) in [6.07, 6.45) is 3.83. The van der Waals surface area contributed by atoms with E-state index in [1.54, 1.807) is 0 Å². The van der Waals surface area contributed by atoms with Gasteiger partial charge in [0.15, 0.2) is 0 Å². The highest BCUT2D eigenvalue weighted by molar-refractivity contribution is 5.75. The molecule has 1 aliphatic carbocycles. The van der Waals surface area contributed by atoms with Crippen LogP contribution in [-0.2, 0) is 4.79 Å². The highest BCUT2D eigenvalue weighted by Gasteiger charge is 2.43.